The van der Waals surface area contributed by atoms with Gasteiger partial charge in [0.1, 0.15) is 13.2 Å². The third kappa shape index (κ3) is 43.2. The van der Waals surface area contributed by atoms with E-state index in [1.54, 1.807) is 0 Å². The fourth-order valence-electron chi connectivity index (χ4n) is 5.66. The second kappa shape index (κ2) is 45.8. The van der Waals surface area contributed by atoms with Gasteiger partial charge < -0.3 is 14.2 Å². The molecule has 58 heavy (non-hydrogen) atoms. The zero-order chi connectivity index (χ0) is 42.3. The molecule has 0 aromatic heterocycles. The van der Waals surface area contributed by atoms with E-state index in [0.29, 0.717) is 19.3 Å². The van der Waals surface area contributed by atoms with Gasteiger partial charge in [-0.1, -0.05) is 182 Å². The van der Waals surface area contributed by atoms with Crippen molar-refractivity contribution in [2.24, 2.45) is 0 Å². The average molecular weight is 803 g/mol. The second-order valence-electron chi connectivity index (χ2n) is 14.5. The smallest absolute Gasteiger partial charge is 0.306 e. The van der Waals surface area contributed by atoms with Crippen LogP contribution in [-0.4, -0.2) is 37.2 Å². The SMILES string of the molecule is CC/C=C\C/C=C\C/C=C\C/C=C\C/C=C\C/C=C\CCC(=O)OCC(COC(=O)CCCCCCCCCCC)OC(=O)CCCC/C=C\C/C=C\C/C=C\CC. The van der Waals surface area contributed by atoms with Crippen molar-refractivity contribution in [1.82, 2.24) is 0 Å². The molecular weight excluding hydrogens is 721 g/mol. The molecule has 6 nitrogen and oxygen atoms in total. The Morgan fingerprint density at radius 1 is 0.362 bits per heavy atom. The first-order valence-corrected chi connectivity index (χ1v) is 22.9. The maximum atomic E-state index is 12.7. The number of esters is 3. The molecule has 0 bridgehead atoms. The van der Waals surface area contributed by atoms with Gasteiger partial charge in [0.15, 0.2) is 6.10 Å². The Kier molecular flexibility index (Phi) is 42.7. The molecule has 0 amide bonds. The van der Waals surface area contributed by atoms with Crippen LogP contribution in [0.15, 0.2) is 109 Å². The van der Waals surface area contributed by atoms with E-state index in [0.717, 1.165) is 89.9 Å². The topological polar surface area (TPSA) is 78.9 Å². The molecule has 0 saturated heterocycles. The fraction of sp³-hybridized carbons (Fsp3) is 0.596. The van der Waals surface area contributed by atoms with Crippen molar-refractivity contribution in [2.45, 2.75) is 187 Å². The molecule has 1 atom stereocenters. The van der Waals surface area contributed by atoms with Gasteiger partial charge in [-0.15, -0.1) is 0 Å². The average Bonchev–Trinajstić information content (AvgIpc) is 3.22. The minimum Gasteiger partial charge on any atom is -0.462 e. The summed E-state index contributed by atoms with van der Waals surface area (Å²) in [5.41, 5.74) is 0. The van der Waals surface area contributed by atoms with E-state index in [-0.39, 0.29) is 44.0 Å². The van der Waals surface area contributed by atoms with Crippen LogP contribution in [0, 0.1) is 0 Å². The molecule has 0 aliphatic heterocycles. The van der Waals surface area contributed by atoms with E-state index in [4.69, 9.17) is 14.2 Å². The van der Waals surface area contributed by atoms with Gasteiger partial charge in [0.2, 0.25) is 0 Å². The van der Waals surface area contributed by atoms with Crippen molar-refractivity contribution in [1.29, 1.82) is 0 Å². The first kappa shape index (κ1) is 54.1. The van der Waals surface area contributed by atoms with Gasteiger partial charge in [-0.2, -0.15) is 0 Å². The molecular formula is C52H82O6. The number of ether oxygens (including phenoxy) is 3. The summed E-state index contributed by atoms with van der Waals surface area (Å²) in [6.07, 6.45) is 60.9. The molecule has 0 aromatic carbocycles. The number of rotatable bonds is 39. The third-order valence-electron chi connectivity index (χ3n) is 9.04. The van der Waals surface area contributed by atoms with Gasteiger partial charge in [0.25, 0.3) is 0 Å². The van der Waals surface area contributed by atoms with Crippen LogP contribution in [0.4, 0.5) is 0 Å². The standard InChI is InChI=1S/C52H82O6/c1-4-7-10-13-16-19-21-23-24-25-26-27-28-29-31-33-36-39-42-45-51(54)57-48-49(47-56-50(53)44-41-38-35-32-18-15-12-9-6-3)58-52(55)46-43-40-37-34-30-22-20-17-14-11-8-5-2/h7-8,10-11,16-17,19-20,23-24,26-27,29-31,34,36,39,49H,4-6,9,12-15,18,21-22,25,28,32-33,35,37-38,40-48H2,1-3H3/b10-7-,11-8-,19-16-,20-17-,24-23-,27-26-,31-29-,34-30-,39-36-. The van der Waals surface area contributed by atoms with Crippen LogP contribution in [0.2, 0.25) is 0 Å². The number of hydrogen-bond acceptors (Lipinski definition) is 6. The number of allylic oxidation sites excluding steroid dienone is 18. The highest BCUT2D eigenvalue weighted by Gasteiger charge is 2.19. The lowest BCUT2D eigenvalue weighted by Crippen LogP contribution is -2.30. The molecule has 0 N–H and O–H groups in total. The Labute approximate surface area is 355 Å². The lowest BCUT2D eigenvalue weighted by Gasteiger charge is -2.18. The number of unbranched alkanes of at least 4 members (excludes halogenated alkanes) is 10. The molecule has 0 saturated carbocycles. The van der Waals surface area contributed by atoms with Gasteiger partial charge in [-0.05, 0) is 89.9 Å². The van der Waals surface area contributed by atoms with E-state index in [1.807, 2.05) is 12.2 Å². The third-order valence-corrected chi connectivity index (χ3v) is 9.04. The highest BCUT2D eigenvalue weighted by molar-refractivity contribution is 5.71. The fourth-order valence-corrected chi connectivity index (χ4v) is 5.66. The maximum absolute atomic E-state index is 12.7. The summed E-state index contributed by atoms with van der Waals surface area (Å²) >= 11 is 0. The van der Waals surface area contributed by atoms with Gasteiger partial charge in [0, 0.05) is 19.3 Å². The first-order chi connectivity index (χ1) is 28.5. The zero-order valence-corrected chi connectivity index (χ0v) is 37.0. The molecule has 0 rings (SSSR count). The monoisotopic (exact) mass is 803 g/mol. The van der Waals surface area contributed by atoms with Crippen LogP contribution in [0.3, 0.4) is 0 Å². The summed E-state index contributed by atoms with van der Waals surface area (Å²) in [6, 6.07) is 0. The van der Waals surface area contributed by atoms with Gasteiger partial charge >= 0.3 is 17.9 Å². The Hall–Kier alpha value is -3.93. The summed E-state index contributed by atoms with van der Waals surface area (Å²) in [7, 11) is 0. The van der Waals surface area contributed by atoms with Crippen LogP contribution in [-0.2, 0) is 28.6 Å². The first-order valence-electron chi connectivity index (χ1n) is 22.9. The van der Waals surface area contributed by atoms with E-state index in [2.05, 4.69) is 118 Å². The van der Waals surface area contributed by atoms with Crippen molar-refractivity contribution in [3.05, 3.63) is 109 Å². The predicted molar refractivity (Wildman–Crippen MR) is 247 cm³/mol. The molecule has 0 radical (unpaired) electrons. The molecule has 326 valence electrons. The molecule has 0 spiro atoms. The number of hydrogen-bond donors (Lipinski definition) is 0. The summed E-state index contributed by atoms with van der Waals surface area (Å²) in [5.74, 6) is -1.06. The normalized spacial score (nSPS) is 13.1. The number of carbonyl (C=O) groups excluding carboxylic acids is 3. The van der Waals surface area contributed by atoms with Crippen molar-refractivity contribution in [2.75, 3.05) is 13.2 Å². The second-order valence-corrected chi connectivity index (χ2v) is 14.5. The lowest BCUT2D eigenvalue weighted by molar-refractivity contribution is -0.166. The Morgan fingerprint density at radius 2 is 0.707 bits per heavy atom. The minimum absolute atomic E-state index is 0.118. The summed E-state index contributed by atoms with van der Waals surface area (Å²) < 4.78 is 16.6. The molecule has 6 heteroatoms. The quantitative estimate of drug-likeness (QED) is 0.0267. The van der Waals surface area contributed by atoms with E-state index in [9.17, 15) is 14.4 Å². The Bertz CT molecular complexity index is 1240. The Morgan fingerprint density at radius 3 is 1.16 bits per heavy atom. The molecule has 0 aliphatic rings. The van der Waals surface area contributed by atoms with Crippen LogP contribution >= 0.6 is 0 Å². The maximum Gasteiger partial charge on any atom is 0.306 e. The van der Waals surface area contributed by atoms with E-state index < -0.39 is 6.10 Å². The summed E-state index contributed by atoms with van der Waals surface area (Å²) in [5, 5.41) is 0. The van der Waals surface area contributed by atoms with Gasteiger partial charge in [0.05, 0.1) is 0 Å². The van der Waals surface area contributed by atoms with E-state index in [1.165, 1.54) is 38.5 Å². The van der Waals surface area contributed by atoms with Crippen LogP contribution < -0.4 is 0 Å². The molecule has 0 heterocycles. The van der Waals surface area contributed by atoms with Crippen molar-refractivity contribution >= 4 is 17.9 Å². The molecule has 0 aliphatic carbocycles. The Balaban J connectivity index is 4.53. The van der Waals surface area contributed by atoms with Gasteiger partial charge in [-0.25, -0.2) is 0 Å². The molecule has 1 unspecified atom stereocenters. The highest BCUT2D eigenvalue weighted by atomic mass is 16.6. The van der Waals surface area contributed by atoms with Gasteiger partial charge in [-0.3, -0.25) is 14.4 Å². The molecule has 0 aromatic rings. The zero-order valence-electron chi connectivity index (χ0n) is 37.0. The van der Waals surface area contributed by atoms with Crippen molar-refractivity contribution in [3.63, 3.8) is 0 Å². The lowest BCUT2D eigenvalue weighted by atomic mass is 10.1. The molecule has 0 fully saturated rings. The summed E-state index contributed by atoms with van der Waals surface area (Å²) in [4.78, 5) is 37.7. The summed E-state index contributed by atoms with van der Waals surface area (Å²) in [6.45, 7) is 6.25. The van der Waals surface area contributed by atoms with Crippen LogP contribution in [0.1, 0.15) is 181 Å². The minimum atomic E-state index is -0.826. The predicted octanol–water partition coefficient (Wildman–Crippen LogP) is 14.8. The van der Waals surface area contributed by atoms with E-state index >= 15 is 0 Å². The number of carbonyl (C=O) groups is 3. The van der Waals surface area contributed by atoms with Crippen LogP contribution in [0.5, 0.6) is 0 Å². The van der Waals surface area contributed by atoms with Crippen molar-refractivity contribution < 1.29 is 28.6 Å². The van der Waals surface area contributed by atoms with Crippen LogP contribution in [0.25, 0.3) is 0 Å². The highest BCUT2D eigenvalue weighted by Crippen LogP contribution is 2.12. The largest absolute Gasteiger partial charge is 0.462 e. The van der Waals surface area contributed by atoms with Crippen molar-refractivity contribution in [3.8, 4) is 0 Å².